The standard InChI is InChI=1S/C22H36N2O7/c1-4-30-20(26)18-10-17(25)13-23(18)11-14-6-7-15-12-24(22(28)29-3)19(9-16(15)8-14)21(27)31-5-2/h14-19,25H,4-13H2,1-3H3/t14-,15-,16?,17-,18+,19?/m0/s1. The molecule has 1 amide bonds. The molecule has 2 saturated heterocycles. The van der Waals surface area contributed by atoms with Gasteiger partial charge < -0.3 is 19.3 Å². The second kappa shape index (κ2) is 10.6. The maximum Gasteiger partial charge on any atom is 0.410 e. The van der Waals surface area contributed by atoms with E-state index in [2.05, 4.69) is 4.90 Å². The fraction of sp³-hybridized carbons (Fsp3) is 0.864. The van der Waals surface area contributed by atoms with E-state index < -0.39 is 18.2 Å². The van der Waals surface area contributed by atoms with Crippen molar-refractivity contribution in [3.05, 3.63) is 0 Å². The van der Waals surface area contributed by atoms with E-state index in [1.165, 1.54) is 12.0 Å². The summed E-state index contributed by atoms with van der Waals surface area (Å²) in [5, 5.41) is 10.1. The van der Waals surface area contributed by atoms with E-state index in [-0.39, 0.29) is 24.6 Å². The molecule has 31 heavy (non-hydrogen) atoms. The van der Waals surface area contributed by atoms with E-state index in [0.29, 0.717) is 50.3 Å². The third-order valence-electron chi connectivity index (χ3n) is 6.98. The molecule has 1 N–H and O–H groups in total. The Bertz CT molecular complexity index is 658. The van der Waals surface area contributed by atoms with Gasteiger partial charge in [-0.05, 0) is 57.3 Å². The molecule has 1 aliphatic carbocycles. The molecule has 2 unspecified atom stereocenters. The van der Waals surface area contributed by atoms with Crippen molar-refractivity contribution in [2.24, 2.45) is 17.8 Å². The van der Waals surface area contributed by atoms with E-state index >= 15 is 0 Å². The van der Waals surface area contributed by atoms with E-state index in [1.807, 2.05) is 0 Å². The van der Waals surface area contributed by atoms with Crippen LogP contribution in [0.25, 0.3) is 0 Å². The minimum atomic E-state index is -0.617. The first-order valence-corrected chi connectivity index (χ1v) is 11.5. The van der Waals surface area contributed by atoms with Crippen LogP contribution in [0.4, 0.5) is 4.79 Å². The normalized spacial score (nSPS) is 33.5. The number of aliphatic hydroxyl groups excluding tert-OH is 1. The van der Waals surface area contributed by atoms with Gasteiger partial charge in [0.05, 0.1) is 26.4 Å². The lowest BCUT2D eigenvalue weighted by molar-refractivity contribution is -0.153. The van der Waals surface area contributed by atoms with Gasteiger partial charge in [0.1, 0.15) is 12.1 Å². The number of carbonyl (C=O) groups excluding carboxylic acids is 3. The summed E-state index contributed by atoms with van der Waals surface area (Å²) in [7, 11) is 1.33. The van der Waals surface area contributed by atoms with Gasteiger partial charge in [-0.2, -0.15) is 0 Å². The number of methoxy groups -OCH3 is 1. The van der Waals surface area contributed by atoms with Crippen molar-refractivity contribution in [1.82, 2.24) is 9.80 Å². The van der Waals surface area contributed by atoms with Crippen molar-refractivity contribution in [3.8, 4) is 0 Å². The largest absolute Gasteiger partial charge is 0.465 e. The molecule has 0 aromatic heterocycles. The maximum absolute atomic E-state index is 12.5. The zero-order valence-corrected chi connectivity index (χ0v) is 18.8. The number of ether oxygens (including phenoxy) is 3. The van der Waals surface area contributed by atoms with E-state index in [4.69, 9.17) is 14.2 Å². The van der Waals surface area contributed by atoms with Crippen LogP contribution in [0.2, 0.25) is 0 Å². The van der Waals surface area contributed by atoms with Gasteiger partial charge in [-0.15, -0.1) is 0 Å². The number of β-amino-alcohol motifs (C(OH)–C–C–N with tert-alkyl or cyclic N) is 1. The third-order valence-corrected chi connectivity index (χ3v) is 6.98. The highest BCUT2D eigenvalue weighted by Gasteiger charge is 2.46. The predicted molar refractivity (Wildman–Crippen MR) is 111 cm³/mol. The monoisotopic (exact) mass is 440 g/mol. The van der Waals surface area contributed by atoms with Crippen molar-refractivity contribution in [2.45, 2.75) is 64.1 Å². The van der Waals surface area contributed by atoms with Gasteiger partial charge in [0.2, 0.25) is 0 Å². The molecule has 176 valence electrons. The van der Waals surface area contributed by atoms with E-state index in [9.17, 15) is 19.5 Å². The van der Waals surface area contributed by atoms with Gasteiger partial charge in [-0.1, -0.05) is 0 Å². The van der Waals surface area contributed by atoms with Gasteiger partial charge in [0, 0.05) is 26.1 Å². The van der Waals surface area contributed by atoms with Crippen LogP contribution in [0.3, 0.4) is 0 Å². The molecule has 0 radical (unpaired) electrons. The summed E-state index contributed by atoms with van der Waals surface area (Å²) in [4.78, 5) is 40.7. The molecule has 9 nitrogen and oxygen atoms in total. The molecule has 0 aromatic rings. The molecule has 3 rings (SSSR count). The lowest BCUT2D eigenvalue weighted by Gasteiger charge is -2.46. The number of esters is 2. The van der Waals surface area contributed by atoms with Gasteiger partial charge in [-0.3, -0.25) is 14.6 Å². The smallest absolute Gasteiger partial charge is 0.410 e. The van der Waals surface area contributed by atoms with Gasteiger partial charge in [-0.25, -0.2) is 9.59 Å². The van der Waals surface area contributed by atoms with Crippen LogP contribution < -0.4 is 0 Å². The second-order valence-electron chi connectivity index (χ2n) is 8.94. The SMILES string of the molecule is CCOC(=O)C1CC2C[C@@H](CN3C[C@@H](O)C[C@@H]3C(=O)OCC)CC[C@H]2CN1C(=O)OC. The highest BCUT2D eigenvalue weighted by molar-refractivity contribution is 5.81. The number of aliphatic hydroxyl groups is 1. The zero-order chi connectivity index (χ0) is 22.5. The van der Waals surface area contributed by atoms with Gasteiger partial charge in [0.25, 0.3) is 0 Å². The minimum absolute atomic E-state index is 0.263. The molecule has 2 heterocycles. The average molecular weight is 441 g/mol. The Morgan fingerprint density at radius 1 is 0.903 bits per heavy atom. The molecular formula is C22H36N2O7. The number of amides is 1. The Morgan fingerprint density at radius 2 is 1.58 bits per heavy atom. The first-order chi connectivity index (χ1) is 14.9. The quantitative estimate of drug-likeness (QED) is 0.488. The van der Waals surface area contributed by atoms with Crippen molar-refractivity contribution in [1.29, 1.82) is 0 Å². The highest BCUT2D eigenvalue weighted by atomic mass is 16.6. The van der Waals surface area contributed by atoms with Crippen molar-refractivity contribution in [3.63, 3.8) is 0 Å². The topological polar surface area (TPSA) is 106 Å². The Kier molecular flexibility index (Phi) is 8.16. The summed E-state index contributed by atoms with van der Waals surface area (Å²) in [6, 6.07) is -1.01. The zero-order valence-electron chi connectivity index (χ0n) is 18.8. The summed E-state index contributed by atoms with van der Waals surface area (Å²) in [6.45, 7) is 5.86. The Morgan fingerprint density at radius 3 is 2.23 bits per heavy atom. The Labute approximate surface area is 184 Å². The summed E-state index contributed by atoms with van der Waals surface area (Å²) in [6.07, 6.45) is 2.86. The van der Waals surface area contributed by atoms with Crippen molar-refractivity contribution >= 4 is 18.0 Å². The molecule has 9 heteroatoms. The number of likely N-dealkylation sites (tertiary alicyclic amines) is 2. The molecule has 0 spiro atoms. The van der Waals surface area contributed by atoms with Crippen LogP contribution in [-0.2, 0) is 23.8 Å². The fourth-order valence-electron chi connectivity index (χ4n) is 5.59. The van der Waals surface area contributed by atoms with E-state index in [0.717, 1.165) is 25.8 Å². The maximum atomic E-state index is 12.5. The number of fused-ring (bicyclic) bond motifs is 1. The first-order valence-electron chi connectivity index (χ1n) is 11.5. The summed E-state index contributed by atoms with van der Waals surface area (Å²) >= 11 is 0. The van der Waals surface area contributed by atoms with Crippen LogP contribution in [0.15, 0.2) is 0 Å². The molecule has 0 bridgehead atoms. The lowest BCUT2D eigenvalue weighted by Crippen LogP contribution is -2.55. The predicted octanol–water partition coefficient (Wildman–Crippen LogP) is 1.42. The van der Waals surface area contributed by atoms with E-state index in [1.54, 1.807) is 13.8 Å². The molecule has 6 atom stereocenters. The number of hydrogen-bond donors (Lipinski definition) is 1. The minimum Gasteiger partial charge on any atom is -0.465 e. The molecule has 3 fully saturated rings. The van der Waals surface area contributed by atoms with Crippen LogP contribution >= 0.6 is 0 Å². The number of hydrogen-bond acceptors (Lipinski definition) is 8. The van der Waals surface area contributed by atoms with Crippen molar-refractivity contribution < 1.29 is 33.7 Å². The lowest BCUT2D eigenvalue weighted by atomic mass is 9.69. The number of carbonyl (C=O) groups is 3. The Hall–Kier alpha value is -1.87. The van der Waals surface area contributed by atoms with Gasteiger partial charge in [0.15, 0.2) is 0 Å². The molecule has 0 aromatic carbocycles. The average Bonchev–Trinajstić information content (AvgIpc) is 3.12. The fourth-order valence-corrected chi connectivity index (χ4v) is 5.59. The van der Waals surface area contributed by atoms with Gasteiger partial charge >= 0.3 is 18.0 Å². The first kappa shape index (κ1) is 23.8. The summed E-state index contributed by atoms with van der Waals surface area (Å²) < 4.78 is 15.3. The molecular weight excluding hydrogens is 404 g/mol. The van der Waals surface area contributed by atoms with Crippen LogP contribution in [-0.4, -0.2) is 91.1 Å². The third kappa shape index (κ3) is 5.49. The van der Waals surface area contributed by atoms with Crippen LogP contribution in [0.1, 0.15) is 46.0 Å². The number of rotatable bonds is 6. The number of nitrogens with zero attached hydrogens (tertiary/aromatic N) is 2. The Balaban J connectivity index is 1.64. The molecule has 3 aliphatic rings. The van der Waals surface area contributed by atoms with Crippen LogP contribution in [0, 0.1) is 17.8 Å². The second-order valence-corrected chi connectivity index (χ2v) is 8.94. The van der Waals surface area contributed by atoms with Crippen molar-refractivity contribution in [2.75, 3.05) is 40.0 Å². The number of piperidine rings is 1. The molecule has 1 saturated carbocycles. The summed E-state index contributed by atoms with van der Waals surface area (Å²) in [5.41, 5.74) is 0. The van der Waals surface area contributed by atoms with Crippen LogP contribution in [0.5, 0.6) is 0 Å². The highest BCUT2D eigenvalue weighted by Crippen LogP contribution is 2.42. The summed E-state index contributed by atoms with van der Waals surface area (Å²) in [5.74, 6) is 0.365. The molecule has 2 aliphatic heterocycles.